The van der Waals surface area contributed by atoms with Gasteiger partial charge in [-0.1, -0.05) is 19.6 Å². The molecule has 0 atom stereocenters. The minimum Gasteiger partial charge on any atom is -0.392 e. The standard InChI is InChI=1S/C16H17N3O2.CH4/c1-11-5-4-6-13(9-11)19-8-7-14(20)16(18-19)15(21)10-12(2)17-3;/h4-10,17H,1-3H3;1H4/b12-10+;. The summed E-state index contributed by atoms with van der Waals surface area (Å²) in [5.74, 6) is -0.408. The summed E-state index contributed by atoms with van der Waals surface area (Å²) >= 11 is 0. The van der Waals surface area contributed by atoms with Crippen LogP contribution in [0.4, 0.5) is 0 Å². The zero-order valence-electron chi connectivity index (χ0n) is 12.3. The second-order valence-electron chi connectivity index (χ2n) is 4.75. The van der Waals surface area contributed by atoms with Crippen molar-refractivity contribution in [2.24, 2.45) is 0 Å². The molecule has 0 amide bonds. The van der Waals surface area contributed by atoms with E-state index in [1.165, 1.54) is 16.8 Å². The Hall–Kier alpha value is -2.69. The van der Waals surface area contributed by atoms with Gasteiger partial charge in [-0.25, -0.2) is 4.68 Å². The summed E-state index contributed by atoms with van der Waals surface area (Å²) in [7, 11) is 1.71. The maximum Gasteiger partial charge on any atom is 0.211 e. The third kappa shape index (κ3) is 3.91. The van der Waals surface area contributed by atoms with Crippen LogP contribution in [0.15, 0.2) is 53.1 Å². The third-order valence-electron chi connectivity index (χ3n) is 3.05. The molecule has 0 aliphatic heterocycles. The van der Waals surface area contributed by atoms with Crippen LogP contribution < -0.4 is 10.7 Å². The summed E-state index contributed by atoms with van der Waals surface area (Å²) < 4.78 is 1.53. The number of ketones is 1. The molecule has 2 aromatic rings. The Morgan fingerprint density at radius 2 is 2.05 bits per heavy atom. The van der Waals surface area contributed by atoms with Gasteiger partial charge in [0.15, 0.2) is 5.69 Å². The van der Waals surface area contributed by atoms with E-state index in [0.717, 1.165) is 11.3 Å². The molecule has 1 heterocycles. The summed E-state index contributed by atoms with van der Waals surface area (Å²) in [5.41, 5.74) is 2.08. The molecule has 0 fully saturated rings. The second-order valence-corrected chi connectivity index (χ2v) is 4.75. The molecule has 2 rings (SSSR count). The lowest BCUT2D eigenvalue weighted by atomic mass is 10.2. The van der Waals surface area contributed by atoms with Crippen LogP contribution in [0.25, 0.3) is 5.69 Å². The van der Waals surface area contributed by atoms with Gasteiger partial charge in [-0.15, -0.1) is 0 Å². The van der Waals surface area contributed by atoms with Crippen molar-refractivity contribution in [1.82, 2.24) is 15.1 Å². The number of carbonyl (C=O) groups is 1. The average Bonchev–Trinajstić information content (AvgIpc) is 2.47. The van der Waals surface area contributed by atoms with Crippen molar-refractivity contribution >= 4 is 5.78 Å². The minimum atomic E-state index is -0.408. The average molecular weight is 299 g/mol. The lowest BCUT2D eigenvalue weighted by molar-refractivity contribution is 0.103. The maximum atomic E-state index is 12.1. The Morgan fingerprint density at radius 3 is 2.68 bits per heavy atom. The topological polar surface area (TPSA) is 64.0 Å². The number of benzene rings is 1. The first-order chi connectivity index (χ1) is 10.0. The van der Waals surface area contributed by atoms with Gasteiger partial charge in [0.2, 0.25) is 11.2 Å². The molecule has 5 nitrogen and oxygen atoms in total. The van der Waals surface area contributed by atoms with Gasteiger partial charge in [-0.3, -0.25) is 9.59 Å². The van der Waals surface area contributed by atoms with Crippen LogP contribution in [0.5, 0.6) is 0 Å². The first kappa shape index (κ1) is 17.4. The fraction of sp³-hybridized carbons (Fsp3) is 0.235. The number of nitrogens with zero attached hydrogens (tertiary/aromatic N) is 2. The lowest BCUT2D eigenvalue weighted by Gasteiger charge is -2.07. The normalized spacial score (nSPS) is 10.8. The molecule has 0 radical (unpaired) electrons. The monoisotopic (exact) mass is 299 g/mol. The summed E-state index contributed by atoms with van der Waals surface area (Å²) in [6.07, 6.45) is 2.92. The Kier molecular flexibility index (Phi) is 5.81. The van der Waals surface area contributed by atoms with E-state index in [0.29, 0.717) is 5.70 Å². The molecule has 0 aliphatic carbocycles. The summed E-state index contributed by atoms with van der Waals surface area (Å²) in [6, 6.07) is 9.02. The number of nitrogens with one attached hydrogen (secondary N) is 1. The zero-order chi connectivity index (χ0) is 15.4. The van der Waals surface area contributed by atoms with Gasteiger partial charge in [0, 0.05) is 31.1 Å². The molecule has 0 saturated carbocycles. The smallest absolute Gasteiger partial charge is 0.211 e. The van der Waals surface area contributed by atoms with Crippen LogP contribution in [0.2, 0.25) is 0 Å². The number of hydrogen-bond acceptors (Lipinski definition) is 4. The van der Waals surface area contributed by atoms with E-state index in [2.05, 4.69) is 10.4 Å². The Bertz CT molecular complexity index is 760. The van der Waals surface area contributed by atoms with E-state index in [1.54, 1.807) is 20.2 Å². The van der Waals surface area contributed by atoms with E-state index in [-0.39, 0.29) is 18.5 Å². The molecule has 1 aromatic heterocycles. The van der Waals surface area contributed by atoms with Crippen LogP contribution in [0.3, 0.4) is 0 Å². The van der Waals surface area contributed by atoms with Gasteiger partial charge in [0.05, 0.1) is 5.69 Å². The molecule has 1 aromatic carbocycles. The van der Waals surface area contributed by atoms with Gasteiger partial charge in [-0.05, 0) is 31.5 Å². The number of hydrogen-bond donors (Lipinski definition) is 1. The molecule has 5 heteroatoms. The molecule has 0 bridgehead atoms. The predicted molar refractivity (Wildman–Crippen MR) is 88.4 cm³/mol. The van der Waals surface area contributed by atoms with Gasteiger partial charge in [0.1, 0.15) is 0 Å². The maximum absolute atomic E-state index is 12.1. The highest BCUT2D eigenvalue weighted by atomic mass is 16.1. The Labute approximate surface area is 130 Å². The van der Waals surface area contributed by atoms with E-state index >= 15 is 0 Å². The molecule has 116 valence electrons. The molecule has 0 unspecified atom stereocenters. The largest absolute Gasteiger partial charge is 0.392 e. The van der Waals surface area contributed by atoms with Crippen LogP contribution in [0, 0.1) is 6.92 Å². The number of rotatable bonds is 4. The summed E-state index contributed by atoms with van der Waals surface area (Å²) in [4.78, 5) is 23.9. The minimum absolute atomic E-state index is 0. The van der Waals surface area contributed by atoms with Crippen molar-refractivity contribution in [2.45, 2.75) is 21.3 Å². The Balaban J connectivity index is 0.00000242. The number of allylic oxidation sites excluding steroid dienone is 2. The molecule has 22 heavy (non-hydrogen) atoms. The molecule has 0 aliphatic rings. The predicted octanol–water partition coefficient (Wildman–Crippen LogP) is 2.48. The lowest BCUT2D eigenvalue weighted by Crippen LogP contribution is -2.20. The van der Waals surface area contributed by atoms with Crippen LogP contribution in [-0.4, -0.2) is 22.6 Å². The van der Waals surface area contributed by atoms with Gasteiger partial charge >= 0.3 is 0 Å². The fourth-order valence-corrected chi connectivity index (χ4v) is 1.83. The van der Waals surface area contributed by atoms with Crippen molar-refractivity contribution in [1.29, 1.82) is 0 Å². The van der Waals surface area contributed by atoms with Crippen LogP contribution in [-0.2, 0) is 0 Å². The van der Waals surface area contributed by atoms with E-state index in [1.807, 2.05) is 31.2 Å². The van der Waals surface area contributed by atoms with Crippen LogP contribution in [0.1, 0.15) is 30.4 Å². The van der Waals surface area contributed by atoms with Gasteiger partial charge in [-0.2, -0.15) is 5.10 Å². The molecular formula is C17H21N3O2. The van der Waals surface area contributed by atoms with E-state index < -0.39 is 5.78 Å². The number of aromatic nitrogens is 2. The first-order valence-corrected chi connectivity index (χ1v) is 6.58. The Morgan fingerprint density at radius 1 is 1.32 bits per heavy atom. The van der Waals surface area contributed by atoms with Crippen molar-refractivity contribution < 1.29 is 4.79 Å². The highest BCUT2D eigenvalue weighted by Crippen LogP contribution is 2.08. The number of aryl methyl sites for hydroxylation is 1. The first-order valence-electron chi connectivity index (χ1n) is 6.58. The fourth-order valence-electron chi connectivity index (χ4n) is 1.83. The number of carbonyl (C=O) groups excluding carboxylic acids is 1. The second kappa shape index (κ2) is 7.36. The van der Waals surface area contributed by atoms with Crippen molar-refractivity contribution in [3.05, 3.63) is 69.8 Å². The molecule has 0 saturated heterocycles. The summed E-state index contributed by atoms with van der Waals surface area (Å²) in [5, 5.41) is 7.00. The molecular weight excluding hydrogens is 278 g/mol. The van der Waals surface area contributed by atoms with Gasteiger partial charge < -0.3 is 5.32 Å². The van der Waals surface area contributed by atoms with E-state index in [9.17, 15) is 9.59 Å². The third-order valence-corrected chi connectivity index (χ3v) is 3.05. The highest BCUT2D eigenvalue weighted by molar-refractivity contribution is 6.03. The van der Waals surface area contributed by atoms with Crippen molar-refractivity contribution in [3.8, 4) is 5.69 Å². The quantitative estimate of drug-likeness (QED) is 0.696. The van der Waals surface area contributed by atoms with Gasteiger partial charge in [0.25, 0.3) is 0 Å². The van der Waals surface area contributed by atoms with E-state index in [4.69, 9.17) is 0 Å². The summed E-state index contributed by atoms with van der Waals surface area (Å²) in [6.45, 7) is 3.72. The highest BCUT2D eigenvalue weighted by Gasteiger charge is 2.11. The van der Waals surface area contributed by atoms with Crippen molar-refractivity contribution in [2.75, 3.05) is 7.05 Å². The zero-order valence-corrected chi connectivity index (χ0v) is 12.3. The van der Waals surface area contributed by atoms with Crippen LogP contribution >= 0.6 is 0 Å². The van der Waals surface area contributed by atoms with Crippen molar-refractivity contribution in [3.63, 3.8) is 0 Å². The SMILES string of the molecule is C.CN/C(C)=C/C(=O)c1nn(-c2cccc(C)c2)ccc1=O. The molecule has 1 N–H and O–H groups in total. The molecule has 0 spiro atoms.